The van der Waals surface area contributed by atoms with Gasteiger partial charge >= 0.3 is 0 Å². The molecule has 98 valence electrons. The van der Waals surface area contributed by atoms with Gasteiger partial charge in [0.05, 0.1) is 23.8 Å². The van der Waals surface area contributed by atoms with Crippen molar-refractivity contribution in [1.82, 2.24) is 9.88 Å². The van der Waals surface area contributed by atoms with E-state index in [4.69, 9.17) is 0 Å². The molecule has 1 aromatic rings. The average molecular weight is 247 g/mol. The van der Waals surface area contributed by atoms with Gasteiger partial charge in [0.1, 0.15) is 0 Å². The lowest BCUT2D eigenvalue weighted by Crippen LogP contribution is -2.42. The molecule has 5 heteroatoms. The molecule has 0 atom stereocenters. The molecule has 5 nitrogen and oxygen atoms in total. The van der Waals surface area contributed by atoms with E-state index in [1.165, 1.54) is 12.8 Å². The van der Waals surface area contributed by atoms with E-state index in [1.807, 2.05) is 6.20 Å². The molecule has 1 aliphatic heterocycles. The van der Waals surface area contributed by atoms with Gasteiger partial charge in [-0.15, -0.1) is 0 Å². The van der Waals surface area contributed by atoms with Gasteiger partial charge in [0.2, 0.25) is 0 Å². The van der Waals surface area contributed by atoms with Crippen LogP contribution >= 0.6 is 0 Å². The summed E-state index contributed by atoms with van der Waals surface area (Å²) < 4.78 is 0. The molecule has 2 heterocycles. The number of hydrazone groups is 1. The molecular weight excluding hydrogens is 226 g/mol. The number of hydrogen-bond acceptors (Lipinski definition) is 5. The second kappa shape index (κ2) is 5.82. The zero-order valence-corrected chi connectivity index (χ0v) is 11.1. The predicted octanol–water partition coefficient (Wildman–Crippen LogP) is 1.64. The lowest BCUT2D eigenvalue weighted by atomic mass is 10.0. The highest BCUT2D eigenvalue weighted by Gasteiger charge is 2.20. The van der Waals surface area contributed by atoms with Crippen molar-refractivity contribution in [2.75, 3.05) is 37.5 Å². The molecule has 1 aliphatic rings. The SMILES string of the molecule is C=NNc1cncc(N2CCC(N(C)C)CC2)c1. The molecule has 18 heavy (non-hydrogen) atoms. The summed E-state index contributed by atoms with van der Waals surface area (Å²) in [5.41, 5.74) is 4.87. The van der Waals surface area contributed by atoms with Crippen molar-refractivity contribution in [2.45, 2.75) is 18.9 Å². The Morgan fingerprint density at radius 3 is 2.72 bits per heavy atom. The van der Waals surface area contributed by atoms with E-state index in [-0.39, 0.29) is 0 Å². The summed E-state index contributed by atoms with van der Waals surface area (Å²) in [4.78, 5) is 8.92. The number of anilines is 2. The minimum absolute atomic E-state index is 0.699. The van der Waals surface area contributed by atoms with Crippen LogP contribution in [-0.4, -0.2) is 49.8 Å². The second-order valence-corrected chi connectivity index (χ2v) is 4.88. The highest BCUT2D eigenvalue weighted by molar-refractivity contribution is 5.56. The van der Waals surface area contributed by atoms with Gasteiger partial charge in [-0.2, -0.15) is 5.10 Å². The Kier molecular flexibility index (Phi) is 4.15. The van der Waals surface area contributed by atoms with Crippen molar-refractivity contribution < 1.29 is 0 Å². The summed E-state index contributed by atoms with van der Waals surface area (Å²) in [5.74, 6) is 0. The van der Waals surface area contributed by atoms with Gasteiger partial charge in [-0.1, -0.05) is 0 Å². The van der Waals surface area contributed by atoms with Crippen molar-refractivity contribution in [2.24, 2.45) is 5.10 Å². The molecule has 1 fully saturated rings. The maximum absolute atomic E-state index is 4.23. The molecular formula is C13H21N5. The molecule has 0 radical (unpaired) electrons. The first-order chi connectivity index (χ1) is 8.70. The highest BCUT2D eigenvalue weighted by Crippen LogP contribution is 2.23. The normalized spacial score (nSPS) is 16.9. The summed E-state index contributed by atoms with van der Waals surface area (Å²) in [6.07, 6.45) is 6.06. The number of nitrogens with zero attached hydrogens (tertiary/aromatic N) is 4. The zero-order valence-electron chi connectivity index (χ0n) is 11.1. The minimum atomic E-state index is 0.699. The van der Waals surface area contributed by atoms with Crippen molar-refractivity contribution in [3.8, 4) is 0 Å². The number of pyridine rings is 1. The first-order valence-electron chi connectivity index (χ1n) is 6.29. The number of nitrogens with one attached hydrogen (secondary N) is 1. The van der Waals surface area contributed by atoms with Crippen LogP contribution in [0.2, 0.25) is 0 Å². The third-order valence-electron chi connectivity index (χ3n) is 3.49. The fourth-order valence-electron chi connectivity index (χ4n) is 2.39. The van der Waals surface area contributed by atoms with Crippen LogP contribution in [0, 0.1) is 0 Å². The fraction of sp³-hybridized carbons (Fsp3) is 0.538. The minimum Gasteiger partial charge on any atom is -0.370 e. The van der Waals surface area contributed by atoms with Gasteiger partial charge in [-0.25, -0.2) is 0 Å². The molecule has 1 saturated heterocycles. The summed E-state index contributed by atoms with van der Waals surface area (Å²) >= 11 is 0. The molecule has 1 N–H and O–H groups in total. The van der Waals surface area contributed by atoms with Gasteiger partial charge in [0.25, 0.3) is 0 Å². The Hall–Kier alpha value is -1.62. The monoisotopic (exact) mass is 247 g/mol. The van der Waals surface area contributed by atoms with E-state index < -0.39 is 0 Å². The van der Waals surface area contributed by atoms with Crippen LogP contribution in [0.4, 0.5) is 11.4 Å². The van der Waals surface area contributed by atoms with Crippen LogP contribution in [0.15, 0.2) is 23.6 Å². The van der Waals surface area contributed by atoms with Crippen molar-refractivity contribution in [3.63, 3.8) is 0 Å². The predicted molar refractivity (Wildman–Crippen MR) is 76.3 cm³/mol. The van der Waals surface area contributed by atoms with Crippen molar-refractivity contribution in [3.05, 3.63) is 18.5 Å². The lowest BCUT2D eigenvalue weighted by molar-refractivity contribution is 0.249. The first-order valence-corrected chi connectivity index (χ1v) is 6.29. The second-order valence-electron chi connectivity index (χ2n) is 4.88. The van der Waals surface area contributed by atoms with Crippen LogP contribution in [0.25, 0.3) is 0 Å². The Labute approximate surface area is 108 Å². The Balaban J connectivity index is 2.00. The van der Waals surface area contributed by atoms with E-state index in [0.717, 1.165) is 24.5 Å². The van der Waals surface area contributed by atoms with Gasteiger partial charge in [-0.05, 0) is 33.0 Å². The van der Waals surface area contributed by atoms with E-state index in [9.17, 15) is 0 Å². The van der Waals surface area contributed by atoms with E-state index in [1.54, 1.807) is 6.20 Å². The number of rotatable bonds is 4. The van der Waals surface area contributed by atoms with Crippen LogP contribution in [0.5, 0.6) is 0 Å². The van der Waals surface area contributed by atoms with E-state index >= 15 is 0 Å². The largest absolute Gasteiger partial charge is 0.370 e. The first kappa shape index (κ1) is 12.8. The molecule has 0 spiro atoms. The Morgan fingerprint density at radius 1 is 1.39 bits per heavy atom. The summed E-state index contributed by atoms with van der Waals surface area (Å²) in [7, 11) is 4.31. The summed E-state index contributed by atoms with van der Waals surface area (Å²) in [6, 6.07) is 2.77. The number of piperidine rings is 1. The van der Waals surface area contributed by atoms with Crippen LogP contribution in [-0.2, 0) is 0 Å². The number of aromatic nitrogens is 1. The molecule has 0 aliphatic carbocycles. The molecule has 0 amide bonds. The Morgan fingerprint density at radius 2 is 2.11 bits per heavy atom. The molecule has 0 unspecified atom stereocenters. The fourth-order valence-corrected chi connectivity index (χ4v) is 2.39. The lowest BCUT2D eigenvalue weighted by Gasteiger charge is -2.36. The summed E-state index contributed by atoms with van der Waals surface area (Å²) in [5, 5.41) is 3.66. The van der Waals surface area contributed by atoms with Gasteiger partial charge in [-0.3, -0.25) is 10.4 Å². The van der Waals surface area contributed by atoms with Gasteiger partial charge in [0, 0.05) is 25.8 Å². The zero-order chi connectivity index (χ0) is 13.0. The third kappa shape index (κ3) is 2.98. The van der Waals surface area contributed by atoms with Gasteiger partial charge in [0.15, 0.2) is 0 Å². The third-order valence-corrected chi connectivity index (χ3v) is 3.49. The van der Waals surface area contributed by atoms with Crippen LogP contribution < -0.4 is 10.3 Å². The van der Waals surface area contributed by atoms with E-state index in [0.29, 0.717) is 6.04 Å². The quantitative estimate of drug-likeness (QED) is 0.649. The van der Waals surface area contributed by atoms with Crippen molar-refractivity contribution in [1.29, 1.82) is 0 Å². The topological polar surface area (TPSA) is 43.8 Å². The molecule has 2 rings (SSSR count). The van der Waals surface area contributed by atoms with Crippen LogP contribution in [0.1, 0.15) is 12.8 Å². The van der Waals surface area contributed by atoms with Crippen LogP contribution in [0.3, 0.4) is 0 Å². The van der Waals surface area contributed by atoms with Crippen molar-refractivity contribution >= 4 is 18.1 Å². The van der Waals surface area contributed by atoms with Gasteiger partial charge < -0.3 is 9.80 Å². The number of hydrogen-bond donors (Lipinski definition) is 1. The van der Waals surface area contributed by atoms with E-state index in [2.05, 4.69) is 52.2 Å². The molecule has 1 aromatic heterocycles. The maximum atomic E-state index is 4.23. The smallest absolute Gasteiger partial charge is 0.0765 e. The Bertz CT molecular complexity index is 396. The maximum Gasteiger partial charge on any atom is 0.0765 e. The molecule has 0 bridgehead atoms. The molecule has 0 saturated carbocycles. The molecule has 0 aromatic carbocycles. The summed E-state index contributed by atoms with van der Waals surface area (Å²) in [6.45, 7) is 5.58. The highest BCUT2D eigenvalue weighted by atomic mass is 15.3. The standard InChI is InChI=1S/C13H21N5/c1-14-16-11-8-13(10-15-9-11)18-6-4-12(5-7-18)17(2)3/h8-10,12,16H,1,4-7H2,2-3H3. The average Bonchev–Trinajstić information content (AvgIpc) is 2.39.